The van der Waals surface area contributed by atoms with E-state index >= 15 is 0 Å². The van der Waals surface area contributed by atoms with Gasteiger partial charge in [-0.3, -0.25) is 9.59 Å². The van der Waals surface area contributed by atoms with E-state index in [0.29, 0.717) is 6.42 Å². The molecule has 0 N–H and O–H groups in total. The summed E-state index contributed by atoms with van der Waals surface area (Å²) in [5, 5.41) is 0. The lowest BCUT2D eigenvalue weighted by Crippen LogP contribution is -2.20. The van der Waals surface area contributed by atoms with E-state index in [1.54, 1.807) is 12.1 Å². The summed E-state index contributed by atoms with van der Waals surface area (Å²) in [5.41, 5.74) is 5.22. The number of hydrogen-bond acceptors (Lipinski definition) is 2. The second-order valence-corrected chi connectivity index (χ2v) is 7.24. The summed E-state index contributed by atoms with van der Waals surface area (Å²) in [5.74, 6) is -1.19. The Morgan fingerprint density at radius 3 is 2.12 bits per heavy atom. The fourth-order valence-corrected chi connectivity index (χ4v) is 4.15. The zero-order valence-corrected chi connectivity index (χ0v) is 15.6. The van der Waals surface area contributed by atoms with Gasteiger partial charge < -0.3 is 0 Å². The molecule has 1 fully saturated rings. The predicted octanol–water partition coefficient (Wildman–Crippen LogP) is 4.74. The fraction of sp³-hybridized carbons (Fsp3) is 0.391. The summed E-state index contributed by atoms with van der Waals surface area (Å²) >= 11 is 0. The molecule has 0 spiro atoms. The molecular weight excluding hydrogens is 327 g/mol. The highest BCUT2D eigenvalue weighted by Crippen LogP contribution is 2.38. The summed E-state index contributed by atoms with van der Waals surface area (Å²) < 4.78 is 13.1. The summed E-state index contributed by atoms with van der Waals surface area (Å²) in [7, 11) is 0. The van der Waals surface area contributed by atoms with Crippen LogP contribution in [0.15, 0.2) is 36.4 Å². The first-order valence-electron chi connectivity index (χ1n) is 9.37. The van der Waals surface area contributed by atoms with E-state index in [1.807, 2.05) is 0 Å². The molecule has 3 rings (SSSR count). The largest absolute Gasteiger partial charge is 0.298 e. The van der Waals surface area contributed by atoms with Gasteiger partial charge in [-0.25, -0.2) is 4.39 Å². The fourth-order valence-electron chi connectivity index (χ4n) is 4.15. The standard InChI is InChI=1S/C23H25FO2/c1-4-16-10-14(3)11-17(5-2)21(16)22-20(25)13-18(23(22)26)12-15-6-8-19(24)9-7-15/h6-11,18,22H,4-5,12-13H2,1-3H3. The van der Waals surface area contributed by atoms with E-state index in [1.165, 1.54) is 17.7 Å². The maximum Gasteiger partial charge on any atom is 0.151 e. The first-order valence-corrected chi connectivity index (χ1v) is 9.37. The molecular formula is C23H25FO2. The van der Waals surface area contributed by atoms with Crippen LogP contribution in [0.1, 0.15) is 54.0 Å². The summed E-state index contributed by atoms with van der Waals surface area (Å²) in [6.45, 7) is 6.19. The van der Waals surface area contributed by atoms with Gasteiger partial charge in [0.25, 0.3) is 0 Å². The lowest BCUT2D eigenvalue weighted by molar-refractivity contribution is -0.124. The molecule has 0 aliphatic heterocycles. The highest BCUT2D eigenvalue weighted by atomic mass is 19.1. The van der Waals surface area contributed by atoms with Gasteiger partial charge in [0.15, 0.2) is 5.78 Å². The molecule has 0 aromatic heterocycles. The van der Waals surface area contributed by atoms with Gasteiger partial charge in [0.2, 0.25) is 0 Å². The molecule has 2 nitrogen and oxygen atoms in total. The Hall–Kier alpha value is -2.29. The maximum atomic E-state index is 13.1. The highest BCUT2D eigenvalue weighted by molar-refractivity contribution is 6.15. The van der Waals surface area contributed by atoms with Crippen LogP contribution in [-0.4, -0.2) is 11.6 Å². The van der Waals surface area contributed by atoms with Crippen molar-refractivity contribution >= 4 is 11.6 Å². The van der Waals surface area contributed by atoms with E-state index in [2.05, 4.69) is 32.9 Å². The Morgan fingerprint density at radius 2 is 1.58 bits per heavy atom. The van der Waals surface area contributed by atoms with Crippen molar-refractivity contribution in [3.05, 3.63) is 70.0 Å². The first kappa shape index (κ1) is 18.5. The Kier molecular flexibility index (Phi) is 5.36. The number of rotatable bonds is 5. The number of carbonyl (C=O) groups excluding carboxylic acids is 2. The maximum absolute atomic E-state index is 13.1. The molecule has 0 saturated heterocycles. The van der Waals surface area contributed by atoms with Crippen LogP contribution < -0.4 is 0 Å². The molecule has 1 saturated carbocycles. The minimum absolute atomic E-state index is 0.0209. The van der Waals surface area contributed by atoms with Crippen molar-refractivity contribution in [2.24, 2.45) is 5.92 Å². The monoisotopic (exact) mass is 352 g/mol. The van der Waals surface area contributed by atoms with Gasteiger partial charge in [-0.1, -0.05) is 43.7 Å². The lowest BCUT2D eigenvalue weighted by atomic mass is 9.83. The van der Waals surface area contributed by atoms with Crippen LogP contribution in [0.5, 0.6) is 0 Å². The van der Waals surface area contributed by atoms with Crippen molar-refractivity contribution in [3.63, 3.8) is 0 Å². The number of aryl methyl sites for hydroxylation is 3. The van der Waals surface area contributed by atoms with E-state index in [4.69, 9.17) is 0 Å². The Bertz CT molecular complexity index is 811. The van der Waals surface area contributed by atoms with Gasteiger partial charge in [-0.15, -0.1) is 0 Å². The number of Topliss-reactive ketones (excluding diaryl/α,β-unsaturated/α-hetero) is 2. The van der Waals surface area contributed by atoms with E-state index in [9.17, 15) is 14.0 Å². The summed E-state index contributed by atoms with van der Waals surface area (Å²) in [6, 6.07) is 10.4. The SMILES string of the molecule is CCc1cc(C)cc(CC)c1C1C(=O)CC(Cc2ccc(F)cc2)C1=O. The molecule has 0 heterocycles. The number of benzene rings is 2. The molecule has 0 bridgehead atoms. The van der Waals surface area contributed by atoms with Crippen molar-refractivity contribution in [1.82, 2.24) is 0 Å². The van der Waals surface area contributed by atoms with Gasteiger partial charge >= 0.3 is 0 Å². The van der Waals surface area contributed by atoms with Gasteiger partial charge in [0.05, 0.1) is 0 Å². The number of ketones is 2. The molecule has 2 aromatic carbocycles. The van der Waals surface area contributed by atoms with Crippen LogP contribution in [0, 0.1) is 18.7 Å². The van der Waals surface area contributed by atoms with E-state index in [0.717, 1.165) is 35.1 Å². The van der Waals surface area contributed by atoms with E-state index in [-0.39, 0.29) is 29.7 Å². The third-order valence-corrected chi connectivity index (χ3v) is 5.40. The van der Waals surface area contributed by atoms with Gasteiger partial charge in [-0.05, 0) is 60.6 Å². The third kappa shape index (κ3) is 3.48. The van der Waals surface area contributed by atoms with Crippen LogP contribution in [-0.2, 0) is 28.9 Å². The molecule has 2 aromatic rings. The minimum Gasteiger partial charge on any atom is -0.298 e. The Labute approximate surface area is 154 Å². The average molecular weight is 352 g/mol. The van der Waals surface area contributed by atoms with Crippen LogP contribution in [0.3, 0.4) is 0 Å². The van der Waals surface area contributed by atoms with Crippen LogP contribution in [0.4, 0.5) is 4.39 Å². The van der Waals surface area contributed by atoms with Gasteiger partial charge in [0, 0.05) is 12.3 Å². The normalized spacial score (nSPS) is 20.0. The molecule has 3 heteroatoms. The second-order valence-electron chi connectivity index (χ2n) is 7.24. The quantitative estimate of drug-likeness (QED) is 0.728. The molecule has 26 heavy (non-hydrogen) atoms. The third-order valence-electron chi connectivity index (χ3n) is 5.40. The molecule has 1 aliphatic carbocycles. The van der Waals surface area contributed by atoms with Crippen molar-refractivity contribution in [2.75, 3.05) is 0 Å². The smallest absolute Gasteiger partial charge is 0.151 e. The van der Waals surface area contributed by atoms with Crippen molar-refractivity contribution in [3.8, 4) is 0 Å². The van der Waals surface area contributed by atoms with Crippen LogP contribution in [0.2, 0.25) is 0 Å². The topological polar surface area (TPSA) is 34.1 Å². The predicted molar refractivity (Wildman–Crippen MR) is 101 cm³/mol. The Morgan fingerprint density at radius 1 is 1.00 bits per heavy atom. The molecule has 136 valence electrons. The average Bonchev–Trinajstić information content (AvgIpc) is 2.89. The Balaban J connectivity index is 1.93. The molecule has 2 atom stereocenters. The van der Waals surface area contributed by atoms with Gasteiger partial charge in [-0.2, -0.15) is 0 Å². The molecule has 2 unspecified atom stereocenters. The van der Waals surface area contributed by atoms with Crippen LogP contribution in [0.25, 0.3) is 0 Å². The molecule has 1 aliphatic rings. The number of hydrogen-bond donors (Lipinski definition) is 0. The zero-order chi connectivity index (χ0) is 18.8. The lowest BCUT2D eigenvalue weighted by Gasteiger charge is -2.19. The van der Waals surface area contributed by atoms with Crippen molar-refractivity contribution in [2.45, 2.75) is 52.4 Å². The zero-order valence-electron chi connectivity index (χ0n) is 15.6. The summed E-state index contributed by atoms with van der Waals surface area (Å²) in [4.78, 5) is 25.9. The second kappa shape index (κ2) is 7.53. The minimum atomic E-state index is -0.633. The van der Waals surface area contributed by atoms with Crippen molar-refractivity contribution in [1.29, 1.82) is 0 Å². The number of carbonyl (C=O) groups is 2. The van der Waals surface area contributed by atoms with E-state index < -0.39 is 5.92 Å². The molecule has 0 amide bonds. The van der Waals surface area contributed by atoms with Crippen molar-refractivity contribution < 1.29 is 14.0 Å². The molecule has 0 radical (unpaired) electrons. The van der Waals surface area contributed by atoms with Gasteiger partial charge in [0.1, 0.15) is 17.5 Å². The number of halogens is 1. The summed E-state index contributed by atoms with van der Waals surface area (Å²) in [6.07, 6.45) is 2.39. The van der Waals surface area contributed by atoms with Crippen LogP contribution >= 0.6 is 0 Å². The highest BCUT2D eigenvalue weighted by Gasteiger charge is 2.43. The first-order chi connectivity index (χ1) is 12.4.